The molecule has 0 radical (unpaired) electrons. The second-order valence-electron chi connectivity index (χ2n) is 10.9. The van der Waals surface area contributed by atoms with Gasteiger partial charge in [0, 0.05) is 32.0 Å². The molecule has 0 bridgehead atoms. The molecular weight excluding hydrogens is 488 g/mol. The van der Waals surface area contributed by atoms with E-state index in [1.54, 1.807) is 0 Å². The Hall–Kier alpha value is -4.46. The van der Waals surface area contributed by atoms with Gasteiger partial charge in [0.05, 0.1) is 0 Å². The lowest BCUT2D eigenvalue weighted by Gasteiger charge is -2.42. The third-order valence-corrected chi connectivity index (χ3v) is 10.0. The van der Waals surface area contributed by atoms with Crippen molar-refractivity contribution < 1.29 is 0 Å². The van der Waals surface area contributed by atoms with Crippen LogP contribution in [0.1, 0.15) is 11.1 Å². The number of rotatable bonds is 2. The van der Waals surface area contributed by atoms with Crippen LogP contribution in [-0.4, -0.2) is 0 Å². The Morgan fingerprint density at radius 2 is 1.28 bits per heavy atom. The maximum Gasteiger partial charge on any atom is 0.0361 e. The van der Waals surface area contributed by atoms with E-state index in [2.05, 4.69) is 134 Å². The van der Waals surface area contributed by atoms with Crippen molar-refractivity contribution in [2.45, 2.75) is 0 Å². The van der Waals surface area contributed by atoms with Gasteiger partial charge in [0.15, 0.2) is 0 Å². The Kier molecular flexibility index (Phi) is 4.42. The van der Waals surface area contributed by atoms with Gasteiger partial charge in [-0.05, 0) is 73.5 Å². The summed E-state index contributed by atoms with van der Waals surface area (Å²) in [7, 11) is 0. The zero-order valence-corrected chi connectivity index (χ0v) is 22.1. The number of hydrogen-bond acceptors (Lipinski definition) is 1. The number of hydrogen-bond donors (Lipinski definition) is 0. The number of allylic oxidation sites excluding steroid dienone is 14. The monoisotopic (exact) mass is 512 g/mol. The lowest BCUT2D eigenvalue weighted by Crippen LogP contribution is -2.30. The number of fused-ring (bicyclic) bond motifs is 4. The minimum Gasteiger partial charge on any atom is -0.135 e. The lowest BCUT2D eigenvalue weighted by atomic mass is 9.61. The summed E-state index contributed by atoms with van der Waals surface area (Å²) >= 11 is 1.90. The van der Waals surface area contributed by atoms with E-state index < -0.39 is 0 Å². The van der Waals surface area contributed by atoms with Gasteiger partial charge in [0.1, 0.15) is 0 Å². The fraction of sp³-hybridized carbons (Fsp3) is 0.0526. The molecule has 5 aromatic rings. The van der Waals surface area contributed by atoms with Crippen LogP contribution in [0.4, 0.5) is 0 Å². The van der Waals surface area contributed by atoms with E-state index in [0.717, 1.165) is 0 Å². The second kappa shape index (κ2) is 8.02. The molecule has 2 atom stereocenters. The van der Waals surface area contributed by atoms with Gasteiger partial charge in [-0.15, -0.1) is 11.3 Å². The van der Waals surface area contributed by atoms with E-state index in [9.17, 15) is 0 Å². The van der Waals surface area contributed by atoms with Crippen molar-refractivity contribution in [3.05, 3.63) is 167 Å². The minimum atomic E-state index is 0.350. The quantitative estimate of drug-likeness (QED) is 0.221. The van der Waals surface area contributed by atoms with Crippen LogP contribution in [-0.2, 0) is 0 Å². The van der Waals surface area contributed by atoms with Crippen LogP contribution in [0.25, 0.3) is 42.1 Å². The third-order valence-electron chi connectivity index (χ3n) is 8.89. The normalized spacial score (nSPS) is 21.1. The molecule has 4 aliphatic carbocycles. The molecule has 4 aliphatic rings. The lowest BCUT2D eigenvalue weighted by molar-refractivity contribution is 0.569. The summed E-state index contributed by atoms with van der Waals surface area (Å²) in [6, 6.07) is 31.3. The first kappa shape index (κ1) is 21.5. The van der Waals surface area contributed by atoms with Crippen molar-refractivity contribution in [2.24, 2.45) is 11.8 Å². The van der Waals surface area contributed by atoms with Crippen molar-refractivity contribution in [3.63, 3.8) is 0 Å². The largest absolute Gasteiger partial charge is 0.135 e. The molecule has 9 rings (SSSR count). The smallest absolute Gasteiger partial charge is 0.0361 e. The molecule has 2 unspecified atom stereocenters. The minimum absolute atomic E-state index is 0.350. The maximum absolute atomic E-state index is 2.40. The molecule has 0 amide bonds. The van der Waals surface area contributed by atoms with Gasteiger partial charge in [0.25, 0.3) is 0 Å². The molecule has 1 heterocycles. The van der Waals surface area contributed by atoms with Crippen molar-refractivity contribution in [1.82, 2.24) is 0 Å². The highest BCUT2D eigenvalue weighted by Crippen LogP contribution is 2.54. The average Bonchev–Trinajstić information content (AvgIpc) is 3.37. The zero-order valence-electron chi connectivity index (χ0n) is 21.3. The Morgan fingerprint density at radius 3 is 2.26 bits per heavy atom. The summed E-state index contributed by atoms with van der Waals surface area (Å²) in [5.41, 5.74) is 11.0. The Balaban J connectivity index is 1.17. The number of benzene rings is 4. The Morgan fingerprint density at radius 1 is 0.513 bits per heavy atom. The van der Waals surface area contributed by atoms with Crippen LogP contribution < -0.4 is 0 Å². The van der Waals surface area contributed by atoms with Crippen LogP contribution in [0.5, 0.6) is 0 Å². The molecule has 0 spiro atoms. The fourth-order valence-electron chi connectivity index (χ4n) is 7.05. The highest BCUT2D eigenvalue weighted by molar-refractivity contribution is 7.25. The molecule has 4 aromatic carbocycles. The van der Waals surface area contributed by atoms with Gasteiger partial charge in [-0.3, -0.25) is 0 Å². The predicted molar refractivity (Wildman–Crippen MR) is 168 cm³/mol. The van der Waals surface area contributed by atoms with Crippen LogP contribution in [0.3, 0.4) is 0 Å². The summed E-state index contributed by atoms with van der Waals surface area (Å²) in [4.78, 5) is 0. The Labute approximate surface area is 231 Å². The summed E-state index contributed by atoms with van der Waals surface area (Å²) in [6.07, 6.45) is 18.8. The van der Waals surface area contributed by atoms with Crippen molar-refractivity contribution in [2.75, 3.05) is 0 Å². The molecule has 1 aromatic heterocycles. The van der Waals surface area contributed by atoms with E-state index in [-0.39, 0.29) is 0 Å². The maximum atomic E-state index is 2.40. The van der Waals surface area contributed by atoms with Gasteiger partial charge in [-0.1, -0.05) is 115 Å². The van der Waals surface area contributed by atoms with Crippen molar-refractivity contribution >= 4 is 53.4 Å². The summed E-state index contributed by atoms with van der Waals surface area (Å²) in [5, 5.41) is 5.30. The van der Waals surface area contributed by atoms with Gasteiger partial charge < -0.3 is 0 Å². The molecule has 0 fully saturated rings. The van der Waals surface area contributed by atoms with Gasteiger partial charge in [-0.2, -0.15) is 0 Å². The molecule has 0 aliphatic heterocycles. The van der Waals surface area contributed by atoms with E-state index in [1.807, 2.05) is 11.3 Å². The van der Waals surface area contributed by atoms with E-state index >= 15 is 0 Å². The van der Waals surface area contributed by atoms with E-state index in [1.165, 1.54) is 75.5 Å². The Bertz CT molecular complexity index is 2110. The third kappa shape index (κ3) is 3.11. The SMILES string of the molecule is C1=CC2=C(c3ccc4ccccc4c3)C=CC3=CC=C4C(c5ccc6c(c5)sc5ccccc56)=CC=C1C4C32. The summed E-state index contributed by atoms with van der Waals surface area (Å²) < 4.78 is 2.72. The molecule has 0 saturated heterocycles. The van der Waals surface area contributed by atoms with Crippen molar-refractivity contribution in [3.8, 4) is 0 Å². The van der Waals surface area contributed by atoms with Crippen LogP contribution in [0, 0.1) is 11.8 Å². The predicted octanol–water partition coefficient (Wildman–Crippen LogP) is 10.2. The van der Waals surface area contributed by atoms with Crippen LogP contribution in [0.15, 0.2) is 156 Å². The highest BCUT2D eigenvalue weighted by atomic mass is 32.1. The molecule has 39 heavy (non-hydrogen) atoms. The first-order valence-corrected chi connectivity index (χ1v) is 14.5. The average molecular weight is 513 g/mol. The number of thiophene rings is 1. The fourth-order valence-corrected chi connectivity index (χ4v) is 8.20. The topological polar surface area (TPSA) is 0 Å². The van der Waals surface area contributed by atoms with Gasteiger partial charge in [0.2, 0.25) is 0 Å². The van der Waals surface area contributed by atoms with E-state index in [0.29, 0.717) is 11.8 Å². The highest BCUT2D eigenvalue weighted by Gasteiger charge is 2.40. The van der Waals surface area contributed by atoms with Crippen molar-refractivity contribution in [1.29, 1.82) is 0 Å². The molecule has 0 saturated carbocycles. The standard InChI is InChI=1S/C38H24S/c1-2-6-26-21-27(10-9-23(26)5-1)29-16-11-24-14-20-34-30(17-12-25-13-19-33(29)37(24)38(25)34)28-15-18-32-31-7-3-4-8-35(31)39-36(32)22-28/h1-22,37-38H. The zero-order chi connectivity index (χ0) is 25.5. The van der Waals surface area contributed by atoms with E-state index in [4.69, 9.17) is 0 Å². The summed E-state index contributed by atoms with van der Waals surface area (Å²) in [5.74, 6) is 0.702. The molecule has 1 heteroatoms. The first-order chi connectivity index (χ1) is 19.3. The summed E-state index contributed by atoms with van der Waals surface area (Å²) in [6.45, 7) is 0. The first-order valence-electron chi connectivity index (χ1n) is 13.7. The van der Waals surface area contributed by atoms with Crippen LogP contribution >= 0.6 is 11.3 Å². The van der Waals surface area contributed by atoms with Gasteiger partial charge >= 0.3 is 0 Å². The van der Waals surface area contributed by atoms with Crippen LogP contribution in [0.2, 0.25) is 0 Å². The second-order valence-corrected chi connectivity index (χ2v) is 12.0. The molecular formula is C38H24S. The molecule has 0 nitrogen and oxygen atoms in total. The molecule has 182 valence electrons. The molecule has 0 N–H and O–H groups in total. The van der Waals surface area contributed by atoms with Gasteiger partial charge in [-0.25, -0.2) is 0 Å².